The van der Waals surface area contributed by atoms with Crippen LogP contribution < -0.4 is 14.8 Å². The number of carbonyl (C=O) groups excluding carboxylic acids is 2. The third kappa shape index (κ3) is 5.23. The Bertz CT molecular complexity index is 824. The highest BCUT2D eigenvalue weighted by Gasteiger charge is 2.19. The van der Waals surface area contributed by atoms with Crippen LogP contribution in [0.1, 0.15) is 36.7 Å². The lowest BCUT2D eigenvalue weighted by molar-refractivity contribution is -0.118. The van der Waals surface area contributed by atoms with Gasteiger partial charge in [-0.1, -0.05) is 39.0 Å². The summed E-state index contributed by atoms with van der Waals surface area (Å²) in [7, 11) is 2.77. The largest absolute Gasteiger partial charge is 0.493 e. The van der Waals surface area contributed by atoms with Crippen molar-refractivity contribution in [2.45, 2.75) is 26.2 Å². The Morgan fingerprint density at radius 2 is 1.70 bits per heavy atom. The Kier molecular flexibility index (Phi) is 6.45. The van der Waals surface area contributed by atoms with E-state index in [1.54, 1.807) is 12.1 Å². The summed E-state index contributed by atoms with van der Waals surface area (Å²) < 4.78 is 15.5. The molecule has 0 saturated carbocycles. The fourth-order valence-corrected chi connectivity index (χ4v) is 2.61. The maximum atomic E-state index is 12.3. The molecule has 0 aliphatic heterocycles. The molecule has 2 aromatic carbocycles. The molecular weight excluding hydrogens is 346 g/mol. The van der Waals surface area contributed by atoms with Crippen LogP contribution in [-0.4, -0.2) is 32.7 Å². The van der Waals surface area contributed by atoms with Gasteiger partial charge in [-0.2, -0.15) is 0 Å². The highest BCUT2D eigenvalue weighted by molar-refractivity contribution is 5.93. The first kappa shape index (κ1) is 20.3. The van der Waals surface area contributed by atoms with E-state index in [0.717, 1.165) is 11.3 Å². The van der Waals surface area contributed by atoms with Gasteiger partial charge in [-0.15, -0.1) is 0 Å². The molecule has 0 aliphatic rings. The van der Waals surface area contributed by atoms with Gasteiger partial charge in [-0.05, 0) is 35.2 Å². The number of ether oxygens (including phenoxy) is 3. The average Bonchev–Trinajstić information content (AvgIpc) is 2.65. The Morgan fingerprint density at radius 1 is 1.00 bits per heavy atom. The molecule has 1 amide bonds. The van der Waals surface area contributed by atoms with Crippen molar-refractivity contribution in [3.05, 3.63) is 53.6 Å². The minimum absolute atomic E-state index is 0.0995. The Morgan fingerprint density at radius 3 is 2.33 bits per heavy atom. The highest BCUT2D eigenvalue weighted by Crippen LogP contribution is 2.30. The predicted molar refractivity (Wildman–Crippen MR) is 104 cm³/mol. The minimum Gasteiger partial charge on any atom is -0.493 e. The van der Waals surface area contributed by atoms with Crippen LogP contribution in [0.4, 0.5) is 5.69 Å². The van der Waals surface area contributed by atoms with E-state index in [-0.39, 0.29) is 17.9 Å². The van der Waals surface area contributed by atoms with Crippen molar-refractivity contribution in [2.75, 3.05) is 26.1 Å². The third-order valence-electron chi connectivity index (χ3n) is 3.95. The van der Waals surface area contributed by atoms with Gasteiger partial charge in [0, 0.05) is 5.69 Å². The molecule has 144 valence electrons. The molecule has 2 aromatic rings. The Labute approximate surface area is 159 Å². The molecule has 0 unspecified atom stereocenters. The monoisotopic (exact) mass is 371 g/mol. The van der Waals surface area contributed by atoms with E-state index in [9.17, 15) is 9.59 Å². The Balaban J connectivity index is 2.07. The summed E-state index contributed by atoms with van der Waals surface area (Å²) in [5, 5.41) is 2.88. The van der Waals surface area contributed by atoms with Crippen LogP contribution in [0.5, 0.6) is 11.5 Å². The molecule has 0 heterocycles. The van der Waals surface area contributed by atoms with Crippen LogP contribution in [0.25, 0.3) is 0 Å². The van der Waals surface area contributed by atoms with Gasteiger partial charge in [-0.25, -0.2) is 4.79 Å². The molecule has 0 saturated heterocycles. The van der Waals surface area contributed by atoms with E-state index in [2.05, 4.69) is 30.8 Å². The van der Waals surface area contributed by atoms with Crippen LogP contribution >= 0.6 is 0 Å². The molecule has 0 fully saturated rings. The van der Waals surface area contributed by atoms with E-state index in [1.807, 2.05) is 24.3 Å². The number of amides is 1. The van der Waals surface area contributed by atoms with Crippen LogP contribution in [0.3, 0.4) is 0 Å². The van der Waals surface area contributed by atoms with E-state index in [0.29, 0.717) is 17.1 Å². The van der Waals surface area contributed by atoms with E-state index in [4.69, 9.17) is 9.47 Å². The zero-order chi connectivity index (χ0) is 20.0. The van der Waals surface area contributed by atoms with Gasteiger partial charge in [0.25, 0.3) is 5.91 Å². The van der Waals surface area contributed by atoms with Gasteiger partial charge in [0.15, 0.2) is 18.1 Å². The molecule has 0 spiro atoms. The molecule has 1 N–H and O–H groups in total. The normalized spacial score (nSPS) is 10.9. The second kappa shape index (κ2) is 8.58. The summed E-state index contributed by atoms with van der Waals surface area (Å²) in [5.41, 5.74) is 2.03. The zero-order valence-corrected chi connectivity index (χ0v) is 16.3. The van der Waals surface area contributed by atoms with Crippen LogP contribution in [0.2, 0.25) is 0 Å². The smallest absolute Gasteiger partial charge is 0.337 e. The summed E-state index contributed by atoms with van der Waals surface area (Å²) in [4.78, 5) is 23.9. The van der Waals surface area contributed by atoms with Gasteiger partial charge in [0.2, 0.25) is 0 Å². The van der Waals surface area contributed by atoms with E-state index in [1.165, 1.54) is 20.3 Å². The van der Waals surface area contributed by atoms with Gasteiger partial charge >= 0.3 is 5.97 Å². The second-order valence-corrected chi connectivity index (χ2v) is 6.99. The van der Waals surface area contributed by atoms with Crippen molar-refractivity contribution in [3.8, 4) is 11.5 Å². The van der Waals surface area contributed by atoms with Gasteiger partial charge in [0.1, 0.15) is 0 Å². The standard InChI is InChI=1S/C21H25NO5/c1-21(2,3)15-8-6-7-9-16(15)22-19(23)13-27-17-11-10-14(20(24)26-5)12-18(17)25-4/h6-12H,13H2,1-5H3,(H,22,23). The van der Waals surface area contributed by atoms with Crippen LogP contribution in [0.15, 0.2) is 42.5 Å². The van der Waals surface area contributed by atoms with Crippen molar-refractivity contribution < 1.29 is 23.8 Å². The molecule has 0 bridgehead atoms. The number of methoxy groups -OCH3 is 2. The first-order valence-corrected chi connectivity index (χ1v) is 8.54. The Hall–Kier alpha value is -3.02. The number of anilines is 1. The molecule has 0 aliphatic carbocycles. The zero-order valence-electron chi connectivity index (χ0n) is 16.3. The molecule has 0 radical (unpaired) electrons. The SMILES string of the molecule is COC(=O)c1ccc(OCC(=O)Nc2ccccc2C(C)(C)C)c(OC)c1. The lowest BCUT2D eigenvalue weighted by atomic mass is 9.86. The number of hydrogen-bond acceptors (Lipinski definition) is 5. The topological polar surface area (TPSA) is 73.9 Å². The number of nitrogens with one attached hydrogen (secondary N) is 1. The van der Waals surface area contributed by atoms with Crippen molar-refractivity contribution in [1.82, 2.24) is 0 Å². The maximum absolute atomic E-state index is 12.3. The van der Waals surface area contributed by atoms with Gasteiger partial charge in [0.05, 0.1) is 19.8 Å². The number of para-hydroxylation sites is 1. The first-order valence-electron chi connectivity index (χ1n) is 8.54. The molecule has 0 aromatic heterocycles. The van der Waals surface area contributed by atoms with Crippen molar-refractivity contribution in [1.29, 1.82) is 0 Å². The maximum Gasteiger partial charge on any atom is 0.337 e. The molecule has 6 nitrogen and oxygen atoms in total. The van der Waals surface area contributed by atoms with Gasteiger partial charge < -0.3 is 19.5 Å². The van der Waals surface area contributed by atoms with Crippen molar-refractivity contribution >= 4 is 17.6 Å². The molecule has 2 rings (SSSR count). The van der Waals surface area contributed by atoms with Crippen molar-refractivity contribution in [3.63, 3.8) is 0 Å². The number of hydrogen-bond donors (Lipinski definition) is 1. The second-order valence-electron chi connectivity index (χ2n) is 6.99. The third-order valence-corrected chi connectivity index (χ3v) is 3.95. The number of rotatable bonds is 6. The lowest BCUT2D eigenvalue weighted by Gasteiger charge is -2.23. The summed E-state index contributed by atoms with van der Waals surface area (Å²) in [6, 6.07) is 12.3. The fraction of sp³-hybridized carbons (Fsp3) is 0.333. The molecule has 0 atom stereocenters. The highest BCUT2D eigenvalue weighted by atomic mass is 16.5. The summed E-state index contributed by atoms with van der Waals surface area (Å²) in [5.74, 6) is -0.0487. The first-order chi connectivity index (χ1) is 12.8. The molecular formula is C21H25NO5. The minimum atomic E-state index is -0.476. The fourth-order valence-electron chi connectivity index (χ4n) is 2.61. The predicted octanol–water partition coefficient (Wildman–Crippen LogP) is 3.80. The van der Waals surface area contributed by atoms with Gasteiger partial charge in [-0.3, -0.25) is 4.79 Å². The molecule has 6 heteroatoms. The van der Waals surface area contributed by atoms with E-state index >= 15 is 0 Å². The van der Waals surface area contributed by atoms with Crippen LogP contribution in [-0.2, 0) is 14.9 Å². The van der Waals surface area contributed by atoms with Crippen molar-refractivity contribution in [2.24, 2.45) is 0 Å². The average molecular weight is 371 g/mol. The summed E-state index contributed by atoms with van der Waals surface area (Å²) >= 11 is 0. The lowest BCUT2D eigenvalue weighted by Crippen LogP contribution is -2.23. The molecule has 27 heavy (non-hydrogen) atoms. The van der Waals surface area contributed by atoms with E-state index < -0.39 is 5.97 Å². The number of esters is 1. The number of carbonyl (C=O) groups is 2. The number of benzene rings is 2. The quantitative estimate of drug-likeness (QED) is 0.782. The summed E-state index contributed by atoms with van der Waals surface area (Å²) in [6.07, 6.45) is 0. The van der Waals surface area contributed by atoms with Crippen LogP contribution in [0, 0.1) is 0 Å². The summed E-state index contributed by atoms with van der Waals surface area (Å²) in [6.45, 7) is 6.07.